The molecular weight excluding hydrogens is 330 g/mol. The third-order valence-corrected chi connectivity index (χ3v) is 4.01. The molecule has 1 aliphatic rings. The summed E-state index contributed by atoms with van der Waals surface area (Å²) in [4.78, 5) is 14.4. The summed E-state index contributed by atoms with van der Waals surface area (Å²) in [7, 11) is 1.90. The number of halogens is 2. The first kappa shape index (κ1) is 16.5. The summed E-state index contributed by atoms with van der Waals surface area (Å²) in [5, 5.41) is 0. The molecule has 2 rings (SSSR count). The topological polar surface area (TPSA) is 51.3 Å². The molecule has 0 spiro atoms. The molecule has 6 heteroatoms. The number of likely N-dealkylation sites (tertiary alicyclic amines) is 1. The zero-order valence-electron chi connectivity index (χ0n) is 11.1. The molecule has 19 heavy (non-hydrogen) atoms. The van der Waals surface area contributed by atoms with Crippen molar-refractivity contribution in [2.24, 2.45) is 18.7 Å². The van der Waals surface area contributed by atoms with Crippen LogP contribution >= 0.6 is 28.3 Å². The molecule has 0 saturated carbocycles. The fraction of sp³-hybridized carbons (Fsp3) is 0.615. The van der Waals surface area contributed by atoms with Crippen molar-refractivity contribution in [2.75, 3.05) is 19.6 Å². The van der Waals surface area contributed by atoms with Crippen molar-refractivity contribution in [2.45, 2.75) is 19.3 Å². The second kappa shape index (κ2) is 7.31. The largest absolute Gasteiger partial charge is 0.345 e. The molecule has 108 valence electrons. The van der Waals surface area contributed by atoms with Crippen LogP contribution in [0.15, 0.2) is 16.7 Å². The molecule has 2 heterocycles. The van der Waals surface area contributed by atoms with Gasteiger partial charge in [-0.3, -0.25) is 4.79 Å². The van der Waals surface area contributed by atoms with Crippen molar-refractivity contribution in [1.82, 2.24) is 9.47 Å². The second-order valence-corrected chi connectivity index (χ2v) is 5.91. The van der Waals surface area contributed by atoms with Crippen LogP contribution in [0.4, 0.5) is 0 Å². The second-order valence-electron chi connectivity index (χ2n) is 4.99. The summed E-state index contributed by atoms with van der Waals surface area (Å²) in [6, 6.07) is 1.88. The van der Waals surface area contributed by atoms with Gasteiger partial charge in [-0.1, -0.05) is 0 Å². The highest BCUT2D eigenvalue weighted by molar-refractivity contribution is 9.10. The van der Waals surface area contributed by atoms with Gasteiger partial charge >= 0.3 is 0 Å². The van der Waals surface area contributed by atoms with Gasteiger partial charge in [-0.25, -0.2) is 0 Å². The molecule has 1 aromatic heterocycles. The van der Waals surface area contributed by atoms with Crippen LogP contribution in [-0.4, -0.2) is 35.0 Å². The summed E-state index contributed by atoms with van der Waals surface area (Å²) < 4.78 is 2.82. The number of hydrogen-bond acceptors (Lipinski definition) is 2. The molecule has 1 saturated heterocycles. The van der Waals surface area contributed by atoms with Gasteiger partial charge in [0.25, 0.3) is 5.91 Å². The molecule has 1 aromatic rings. The van der Waals surface area contributed by atoms with Gasteiger partial charge in [-0.15, -0.1) is 12.4 Å². The summed E-state index contributed by atoms with van der Waals surface area (Å²) >= 11 is 3.40. The highest BCUT2D eigenvalue weighted by Crippen LogP contribution is 2.22. The van der Waals surface area contributed by atoms with Crippen molar-refractivity contribution < 1.29 is 4.79 Å². The predicted octanol–water partition coefficient (Wildman–Crippen LogP) is 2.41. The van der Waals surface area contributed by atoms with Gasteiger partial charge in [-0.05, 0) is 53.7 Å². The lowest BCUT2D eigenvalue weighted by atomic mass is 9.94. The van der Waals surface area contributed by atoms with Crippen LogP contribution in [0, 0.1) is 5.92 Å². The minimum Gasteiger partial charge on any atom is -0.345 e. The Morgan fingerprint density at radius 2 is 2.32 bits per heavy atom. The van der Waals surface area contributed by atoms with Crippen molar-refractivity contribution in [3.05, 3.63) is 22.4 Å². The minimum atomic E-state index is 0. The van der Waals surface area contributed by atoms with E-state index in [-0.39, 0.29) is 18.3 Å². The number of hydrogen-bond donors (Lipinski definition) is 1. The third-order valence-electron chi connectivity index (χ3n) is 3.57. The van der Waals surface area contributed by atoms with Crippen LogP contribution in [0.5, 0.6) is 0 Å². The van der Waals surface area contributed by atoms with Crippen LogP contribution in [0.2, 0.25) is 0 Å². The molecule has 0 bridgehead atoms. The highest BCUT2D eigenvalue weighted by Gasteiger charge is 2.25. The van der Waals surface area contributed by atoms with Crippen LogP contribution in [0.3, 0.4) is 0 Å². The van der Waals surface area contributed by atoms with Crippen LogP contribution in [-0.2, 0) is 7.05 Å². The first-order valence-corrected chi connectivity index (χ1v) is 7.22. The third kappa shape index (κ3) is 3.97. The average molecular weight is 351 g/mol. The van der Waals surface area contributed by atoms with Crippen LogP contribution in [0.1, 0.15) is 29.8 Å². The standard InChI is InChI=1S/C13H20BrN3O.ClH/c1-16-9-11(14)7-12(16)13(18)17-6-2-3-10(8-17)4-5-15;/h7,9-10H,2-6,8,15H2,1H3;1H. The summed E-state index contributed by atoms with van der Waals surface area (Å²) in [6.07, 6.45) is 5.20. The minimum absolute atomic E-state index is 0. The van der Waals surface area contributed by atoms with Crippen molar-refractivity contribution in [3.63, 3.8) is 0 Å². The highest BCUT2D eigenvalue weighted by atomic mass is 79.9. The molecular formula is C13H21BrClN3O. The Labute approximate surface area is 128 Å². The zero-order valence-corrected chi connectivity index (χ0v) is 13.5. The number of nitrogens with zero attached hydrogens (tertiary/aromatic N) is 2. The van der Waals surface area contributed by atoms with Gasteiger partial charge < -0.3 is 15.2 Å². The Hall–Kier alpha value is -0.520. The summed E-state index contributed by atoms with van der Waals surface area (Å²) in [5.41, 5.74) is 6.35. The smallest absolute Gasteiger partial charge is 0.270 e. The lowest BCUT2D eigenvalue weighted by molar-refractivity contribution is 0.0660. The lowest BCUT2D eigenvalue weighted by Crippen LogP contribution is -2.41. The normalized spacial score (nSPS) is 19.1. The maximum atomic E-state index is 12.4. The number of nitrogens with two attached hydrogens (primary N) is 1. The number of carbonyl (C=O) groups excluding carboxylic acids is 1. The molecule has 0 aromatic carbocycles. The van der Waals surface area contributed by atoms with Crippen molar-refractivity contribution in [1.29, 1.82) is 0 Å². The van der Waals surface area contributed by atoms with Gasteiger partial charge in [0.1, 0.15) is 5.69 Å². The van der Waals surface area contributed by atoms with Crippen molar-refractivity contribution in [3.8, 4) is 0 Å². The first-order chi connectivity index (χ1) is 8.61. The first-order valence-electron chi connectivity index (χ1n) is 6.43. The molecule has 1 fully saturated rings. The van der Waals surface area contributed by atoms with E-state index in [1.54, 1.807) is 0 Å². The van der Waals surface area contributed by atoms with E-state index in [4.69, 9.17) is 5.73 Å². The van der Waals surface area contributed by atoms with Crippen LogP contribution < -0.4 is 5.73 Å². The predicted molar refractivity (Wildman–Crippen MR) is 82.7 cm³/mol. The SMILES string of the molecule is Cl.Cn1cc(Br)cc1C(=O)N1CCCC(CCN)C1. The van der Waals surface area contributed by atoms with E-state index < -0.39 is 0 Å². The molecule has 0 radical (unpaired) electrons. The number of rotatable bonds is 3. The number of amides is 1. The monoisotopic (exact) mass is 349 g/mol. The van der Waals surface area contributed by atoms with Gasteiger partial charge in [0.2, 0.25) is 0 Å². The molecule has 0 aliphatic carbocycles. The van der Waals surface area contributed by atoms with E-state index in [9.17, 15) is 4.79 Å². The average Bonchev–Trinajstić information content (AvgIpc) is 2.68. The lowest BCUT2D eigenvalue weighted by Gasteiger charge is -2.32. The molecule has 4 nitrogen and oxygen atoms in total. The molecule has 1 aliphatic heterocycles. The number of carbonyl (C=O) groups is 1. The van der Waals surface area contributed by atoms with E-state index in [0.717, 1.165) is 36.1 Å². The maximum absolute atomic E-state index is 12.4. The number of piperidine rings is 1. The van der Waals surface area contributed by atoms with E-state index >= 15 is 0 Å². The summed E-state index contributed by atoms with van der Waals surface area (Å²) in [6.45, 7) is 2.42. The van der Waals surface area contributed by atoms with Gasteiger partial charge in [-0.2, -0.15) is 0 Å². The van der Waals surface area contributed by atoms with Gasteiger partial charge in [0.05, 0.1) is 0 Å². The van der Waals surface area contributed by atoms with Crippen LogP contribution in [0.25, 0.3) is 0 Å². The van der Waals surface area contributed by atoms with Crippen molar-refractivity contribution >= 4 is 34.2 Å². The molecule has 1 amide bonds. The van der Waals surface area contributed by atoms with Gasteiger partial charge in [0, 0.05) is 30.8 Å². The van der Waals surface area contributed by atoms with E-state index in [2.05, 4.69) is 15.9 Å². The van der Waals surface area contributed by atoms with E-state index in [0.29, 0.717) is 12.5 Å². The number of aromatic nitrogens is 1. The van der Waals surface area contributed by atoms with Gasteiger partial charge in [0.15, 0.2) is 0 Å². The fourth-order valence-corrected chi connectivity index (χ4v) is 3.14. The Bertz CT molecular complexity index is 434. The Balaban J connectivity index is 0.00000180. The van der Waals surface area contributed by atoms with E-state index in [1.807, 2.05) is 28.8 Å². The number of aryl methyl sites for hydroxylation is 1. The quantitative estimate of drug-likeness (QED) is 0.910. The van der Waals surface area contributed by atoms with E-state index in [1.165, 1.54) is 6.42 Å². The Morgan fingerprint density at radius 1 is 1.58 bits per heavy atom. The Morgan fingerprint density at radius 3 is 2.89 bits per heavy atom. The Kier molecular flexibility index (Phi) is 6.36. The fourth-order valence-electron chi connectivity index (χ4n) is 2.62. The maximum Gasteiger partial charge on any atom is 0.270 e. The summed E-state index contributed by atoms with van der Waals surface area (Å²) in [5.74, 6) is 0.696. The molecule has 1 unspecified atom stereocenters. The molecule has 2 N–H and O–H groups in total. The molecule has 1 atom stereocenters. The zero-order chi connectivity index (χ0) is 13.1.